The van der Waals surface area contributed by atoms with E-state index in [0.29, 0.717) is 24.6 Å². The van der Waals surface area contributed by atoms with Gasteiger partial charge in [0.1, 0.15) is 5.82 Å². The number of rotatable bonds is 8. The summed E-state index contributed by atoms with van der Waals surface area (Å²) in [6.45, 7) is 3.75. The SMILES string of the molecule is CCNC(=NCc1ccc(C(N)=O)cc1)NCc1ccc(F)cc1CSC.I. The average molecular weight is 516 g/mol. The van der Waals surface area contributed by atoms with Crippen LogP contribution >= 0.6 is 35.7 Å². The van der Waals surface area contributed by atoms with Gasteiger partial charge in [-0.15, -0.1) is 24.0 Å². The second-order valence-corrected chi connectivity index (χ2v) is 6.82. The van der Waals surface area contributed by atoms with Gasteiger partial charge in [-0.3, -0.25) is 4.79 Å². The zero-order chi connectivity index (χ0) is 19.6. The second-order valence-electron chi connectivity index (χ2n) is 5.96. The van der Waals surface area contributed by atoms with E-state index in [0.717, 1.165) is 29.0 Å². The van der Waals surface area contributed by atoms with Crippen molar-refractivity contribution in [3.63, 3.8) is 0 Å². The molecule has 0 heterocycles. The highest BCUT2D eigenvalue weighted by Gasteiger charge is 2.06. The summed E-state index contributed by atoms with van der Waals surface area (Å²) < 4.78 is 13.5. The molecule has 0 radical (unpaired) electrons. The molecule has 2 rings (SSSR count). The third kappa shape index (κ3) is 7.67. The number of nitrogens with zero attached hydrogens (tertiary/aromatic N) is 1. The number of thioether (sulfide) groups is 1. The number of aliphatic imine (C=N–C) groups is 1. The smallest absolute Gasteiger partial charge is 0.248 e. The van der Waals surface area contributed by atoms with Crippen LogP contribution in [-0.2, 0) is 18.8 Å². The molecule has 2 aromatic carbocycles. The molecule has 0 aromatic heterocycles. The molecular weight excluding hydrogens is 490 g/mol. The van der Waals surface area contributed by atoms with Crippen LogP contribution in [0.25, 0.3) is 0 Å². The molecule has 5 nitrogen and oxygen atoms in total. The minimum absolute atomic E-state index is 0. The summed E-state index contributed by atoms with van der Waals surface area (Å²) in [4.78, 5) is 15.7. The minimum Gasteiger partial charge on any atom is -0.366 e. The number of benzene rings is 2. The third-order valence-corrected chi connectivity index (χ3v) is 4.52. The first-order chi connectivity index (χ1) is 13.0. The van der Waals surface area contributed by atoms with Gasteiger partial charge in [-0.25, -0.2) is 9.38 Å². The molecule has 0 saturated carbocycles. The number of carbonyl (C=O) groups is 1. The molecule has 0 unspecified atom stereocenters. The molecule has 0 aliphatic carbocycles. The fraction of sp³-hybridized carbons (Fsp3) is 0.300. The van der Waals surface area contributed by atoms with Gasteiger partial charge < -0.3 is 16.4 Å². The number of guanidine groups is 1. The summed E-state index contributed by atoms with van der Waals surface area (Å²) in [7, 11) is 0. The molecule has 0 aliphatic rings. The van der Waals surface area contributed by atoms with Gasteiger partial charge in [0.15, 0.2) is 5.96 Å². The van der Waals surface area contributed by atoms with Crippen molar-refractivity contribution in [2.75, 3.05) is 12.8 Å². The van der Waals surface area contributed by atoms with Gasteiger partial charge in [0, 0.05) is 24.4 Å². The van der Waals surface area contributed by atoms with Gasteiger partial charge in [0.2, 0.25) is 5.91 Å². The maximum absolute atomic E-state index is 13.5. The Morgan fingerprint density at radius 1 is 1.14 bits per heavy atom. The van der Waals surface area contributed by atoms with E-state index in [4.69, 9.17) is 5.73 Å². The van der Waals surface area contributed by atoms with E-state index in [1.807, 2.05) is 25.3 Å². The Balaban J connectivity index is 0.00000392. The standard InChI is InChI=1S/C20H25FN4OS.HI/c1-3-23-20(24-11-14-4-6-15(7-5-14)19(22)26)25-12-16-8-9-18(21)10-17(16)13-27-2;/h4-10H,3,11-13H2,1-2H3,(H2,22,26)(H2,23,24,25);1H. The van der Waals surface area contributed by atoms with Crippen molar-refractivity contribution in [1.82, 2.24) is 10.6 Å². The lowest BCUT2D eigenvalue weighted by atomic mass is 10.1. The number of hydrogen-bond acceptors (Lipinski definition) is 3. The average Bonchev–Trinajstić information content (AvgIpc) is 2.65. The normalized spacial score (nSPS) is 10.9. The summed E-state index contributed by atoms with van der Waals surface area (Å²) in [6.07, 6.45) is 2.00. The molecule has 4 N–H and O–H groups in total. The molecule has 152 valence electrons. The Kier molecular flexibility index (Phi) is 10.9. The Morgan fingerprint density at radius 3 is 2.46 bits per heavy atom. The Morgan fingerprint density at radius 2 is 1.86 bits per heavy atom. The van der Waals surface area contributed by atoms with Crippen molar-refractivity contribution in [3.05, 3.63) is 70.5 Å². The number of nitrogens with one attached hydrogen (secondary N) is 2. The quantitative estimate of drug-likeness (QED) is 0.284. The molecule has 2 aromatic rings. The van der Waals surface area contributed by atoms with Crippen molar-refractivity contribution in [2.45, 2.75) is 25.8 Å². The summed E-state index contributed by atoms with van der Waals surface area (Å²) in [5.74, 6) is 0.772. The van der Waals surface area contributed by atoms with Gasteiger partial charge in [-0.2, -0.15) is 11.8 Å². The first-order valence-electron chi connectivity index (χ1n) is 8.70. The summed E-state index contributed by atoms with van der Waals surface area (Å²) in [5, 5.41) is 6.49. The van der Waals surface area contributed by atoms with E-state index >= 15 is 0 Å². The molecule has 28 heavy (non-hydrogen) atoms. The number of carbonyl (C=O) groups excluding carboxylic acids is 1. The van der Waals surface area contributed by atoms with Crippen molar-refractivity contribution < 1.29 is 9.18 Å². The monoisotopic (exact) mass is 516 g/mol. The second kappa shape index (κ2) is 12.6. The van der Waals surface area contributed by atoms with Crippen molar-refractivity contribution in [3.8, 4) is 0 Å². The maximum Gasteiger partial charge on any atom is 0.248 e. The first-order valence-corrected chi connectivity index (χ1v) is 10.1. The lowest BCUT2D eigenvalue weighted by Crippen LogP contribution is -2.37. The number of hydrogen-bond donors (Lipinski definition) is 3. The number of halogens is 2. The Hall–Kier alpha value is -1.81. The van der Waals surface area contributed by atoms with Crippen molar-refractivity contribution in [1.29, 1.82) is 0 Å². The predicted molar refractivity (Wildman–Crippen MR) is 126 cm³/mol. The molecule has 0 saturated heterocycles. The number of nitrogens with two attached hydrogens (primary N) is 1. The highest BCUT2D eigenvalue weighted by molar-refractivity contribution is 14.0. The summed E-state index contributed by atoms with van der Waals surface area (Å²) >= 11 is 1.66. The van der Waals surface area contributed by atoms with E-state index in [-0.39, 0.29) is 29.8 Å². The predicted octanol–water partition coefficient (Wildman–Crippen LogP) is 3.66. The molecule has 0 bridgehead atoms. The van der Waals surface area contributed by atoms with E-state index in [2.05, 4.69) is 15.6 Å². The molecule has 0 atom stereocenters. The lowest BCUT2D eigenvalue weighted by Gasteiger charge is -2.14. The van der Waals surface area contributed by atoms with Crippen LogP contribution in [0.4, 0.5) is 4.39 Å². The van der Waals surface area contributed by atoms with Gasteiger partial charge in [0.25, 0.3) is 0 Å². The van der Waals surface area contributed by atoms with Crippen LogP contribution in [0.1, 0.15) is 34.0 Å². The minimum atomic E-state index is -0.444. The van der Waals surface area contributed by atoms with E-state index in [9.17, 15) is 9.18 Å². The van der Waals surface area contributed by atoms with Crippen LogP contribution in [0.2, 0.25) is 0 Å². The van der Waals surface area contributed by atoms with Crippen LogP contribution in [0.5, 0.6) is 0 Å². The first kappa shape index (κ1) is 24.2. The molecule has 0 aliphatic heterocycles. The molecule has 0 spiro atoms. The lowest BCUT2D eigenvalue weighted by molar-refractivity contribution is 0.100. The molecule has 1 amide bonds. The molecular formula is C20H26FIN4OS. The van der Waals surface area contributed by atoms with Gasteiger partial charge >= 0.3 is 0 Å². The Labute approximate surface area is 186 Å². The van der Waals surface area contributed by atoms with Crippen molar-refractivity contribution in [2.24, 2.45) is 10.7 Å². The summed E-state index contributed by atoms with van der Waals surface area (Å²) in [6, 6.07) is 11.9. The molecule has 8 heteroatoms. The van der Waals surface area contributed by atoms with Gasteiger partial charge in [-0.05, 0) is 54.1 Å². The van der Waals surface area contributed by atoms with Crippen LogP contribution in [0.3, 0.4) is 0 Å². The summed E-state index contributed by atoms with van der Waals surface area (Å²) in [5.41, 5.74) is 8.73. The largest absolute Gasteiger partial charge is 0.366 e. The topological polar surface area (TPSA) is 79.5 Å². The van der Waals surface area contributed by atoms with Crippen LogP contribution in [-0.4, -0.2) is 24.7 Å². The van der Waals surface area contributed by atoms with Crippen LogP contribution < -0.4 is 16.4 Å². The van der Waals surface area contributed by atoms with E-state index in [1.54, 1.807) is 36.0 Å². The number of amides is 1. The number of primary amides is 1. The zero-order valence-electron chi connectivity index (χ0n) is 16.0. The van der Waals surface area contributed by atoms with E-state index < -0.39 is 5.91 Å². The van der Waals surface area contributed by atoms with Crippen LogP contribution in [0.15, 0.2) is 47.5 Å². The van der Waals surface area contributed by atoms with E-state index in [1.165, 1.54) is 6.07 Å². The van der Waals surface area contributed by atoms with Crippen LogP contribution in [0, 0.1) is 5.82 Å². The fourth-order valence-corrected chi connectivity index (χ4v) is 3.10. The Bertz CT molecular complexity index is 799. The molecule has 0 fully saturated rings. The zero-order valence-corrected chi connectivity index (χ0v) is 19.1. The highest BCUT2D eigenvalue weighted by atomic mass is 127. The van der Waals surface area contributed by atoms with Gasteiger partial charge in [0.05, 0.1) is 6.54 Å². The fourth-order valence-electron chi connectivity index (χ4n) is 2.52. The maximum atomic E-state index is 13.5. The van der Waals surface area contributed by atoms with Gasteiger partial charge in [-0.1, -0.05) is 18.2 Å². The van der Waals surface area contributed by atoms with Crippen molar-refractivity contribution >= 4 is 47.6 Å². The highest BCUT2D eigenvalue weighted by Crippen LogP contribution is 2.16. The third-order valence-electron chi connectivity index (χ3n) is 3.92.